The minimum atomic E-state index is -0.105. The average Bonchev–Trinajstić information content (AvgIpc) is 3.21. The summed E-state index contributed by atoms with van der Waals surface area (Å²) in [5.74, 6) is 0.781. The van der Waals surface area contributed by atoms with E-state index in [1.165, 1.54) is 7.11 Å². The van der Waals surface area contributed by atoms with Crippen LogP contribution in [0.2, 0.25) is 0 Å². The third-order valence-electron chi connectivity index (χ3n) is 4.51. The van der Waals surface area contributed by atoms with Crippen molar-refractivity contribution in [2.75, 3.05) is 53.6 Å². The molecule has 1 saturated heterocycles. The number of nitrogens with zero attached hydrogens (tertiary/aromatic N) is 4. The molecule has 0 N–H and O–H groups in total. The van der Waals surface area contributed by atoms with Gasteiger partial charge in [0.1, 0.15) is 6.61 Å². The van der Waals surface area contributed by atoms with Gasteiger partial charge < -0.3 is 23.8 Å². The van der Waals surface area contributed by atoms with Gasteiger partial charge in [-0.2, -0.15) is 4.98 Å². The van der Waals surface area contributed by atoms with Gasteiger partial charge in [0.2, 0.25) is 5.91 Å². The van der Waals surface area contributed by atoms with Gasteiger partial charge >= 0.3 is 0 Å². The molecule has 28 heavy (non-hydrogen) atoms. The number of ether oxygens (including phenoxy) is 2. The van der Waals surface area contributed by atoms with Crippen molar-refractivity contribution in [3.8, 4) is 11.5 Å². The maximum atomic E-state index is 12.5. The Kier molecular flexibility index (Phi) is 6.72. The summed E-state index contributed by atoms with van der Waals surface area (Å²) >= 11 is 0. The van der Waals surface area contributed by atoms with Crippen molar-refractivity contribution in [1.29, 1.82) is 0 Å². The van der Waals surface area contributed by atoms with Gasteiger partial charge in [0.15, 0.2) is 5.82 Å². The van der Waals surface area contributed by atoms with Gasteiger partial charge in [-0.3, -0.25) is 9.59 Å². The summed E-state index contributed by atoms with van der Waals surface area (Å²) in [6.45, 7) is 2.86. The lowest BCUT2D eigenvalue weighted by molar-refractivity contribution is -0.133. The zero-order valence-electron chi connectivity index (χ0n) is 16.1. The van der Waals surface area contributed by atoms with Crippen molar-refractivity contribution >= 4 is 11.8 Å². The van der Waals surface area contributed by atoms with E-state index in [9.17, 15) is 9.59 Å². The van der Waals surface area contributed by atoms with Crippen LogP contribution in [0, 0.1) is 0 Å². The molecule has 0 spiro atoms. The number of methoxy groups -OCH3 is 1. The molecule has 0 aliphatic carbocycles. The number of hydrogen-bond acceptors (Lipinski definition) is 7. The van der Waals surface area contributed by atoms with Gasteiger partial charge in [0, 0.05) is 51.3 Å². The quantitative estimate of drug-likeness (QED) is 0.694. The zero-order chi connectivity index (χ0) is 19.9. The van der Waals surface area contributed by atoms with Crippen molar-refractivity contribution in [2.24, 2.45) is 0 Å². The lowest BCUT2D eigenvalue weighted by atomic mass is 10.1. The number of likely N-dealkylation sites (N-methyl/N-ethyl adjacent to an activating group) is 1. The smallest absolute Gasteiger partial charge is 0.257 e. The molecule has 0 radical (unpaired) electrons. The third-order valence-corrected chi connectivity index (χ3v) is 4.51. The number of carbonyl (C=O) groups excluding carboxylic acids is 2. The normalized spacial score (nSPS) is 14.1. The first-order valence-corrected chi connectivity index (χ1v) is 9.11. The van der Waals surface area contributed by atoms with E-state index >= 15 is 0 Å². The molecule has 1 aliphatic heterocycles. The van der Waals surface area contributed by atoms with Gasteiger partial charge in [0.05, 0.1) is 13.2 Å². The first-order chi connectivity index (χ1) is 13.6. The summed E-state index contributed by atoms with van der Waals surface area (Å²) in [7, 11) is 3.18. The molecule has 0 saturated carbocycles. The lowest BCUT2D eigenvalue weighted by Crippen LogP contribution is -2.40. The summed E-state index contributed by atoms with van der Waals surface area (Å²) in [5, 5.41) is 3.96. The molecule has 0 bridgehead atoms. The fraction of sp³-hybridized carbons (Fsp3) is 0.474. The van der Waals surface area contributed by atoms with Crippen molar-refractivity contribution in [3.05, 3.63) is 35.7 Å². The Morgan fingerprint density at radius 1 is 1.21 bits per heavy atom. The van der Waals surface area contributed by atoms with E-state index < -0.39 is 0 Å². The summed E-state index contributed by atoms with van der Waals surface area (Å²) in [6.07, 6.45) is 0.475. The first kappa shape index (κ1) is 20.0. The number of morpholine rings is 1. The molecular formula is C19H24N4O5. The van der Waals surface area contributed by atoms with E-state index in [2.05, 4.69) is 10.1 Å². The second-order valence-corrected chi connectivity index (χ2v) is 6.50. The Balaban J connectivity index is 1.58. The molecule has 1 aromatic heterocycles. The van der Waals surface area contributed by atoms with E-state index in [0.717, 1.165) is 5.56 Å². The number of amides is 2. The molecule has 0 atom stereocenters. The minimum Gasteiger partial charge on any atom is -0.378 e. The van der Waals surface area contributed by atoms with Gasteiger partial charge in [-0.15, -0.1) is 0 Å². The highest BCUT2D eigenvalue weighted by Gasteiger charge is 2.19. The first-order valence-electron chi connectivity index (χ1n) is 9.11. The molecule has 3 rings (SSSR count). The summed E-state index contributed by atoms with van der Waals surface area (Å²) in [6, 6.07) is 7.10. The largest absolute Gasteiger partial charge is 0.378 e. The molecule has 1 aliphatic rings. The number of benzene rings is 1. The Hall–Kier alpha value is -2.78. The molecule has 150 valence electrons. The van der Waals surface area contributed by atoms with Crippen LogP contribution in [-0.4, -0.2) is 85.4 Å². The maximum absolute atomic E-state index is 12.5. The standard InChI is InChI=1S/C19H24N4O5/c1-22(17(24)13-26-2)8-7-16-20-18(28-21-16)14-3-5-15(6-4-14)19(25)23-9-11-27-12-10-23/h3-6H,7-13H2,1-2H3. The molecule has 1 fully saturated rings. The van der Waals surface area contributed by atoms with Gasteiger partial charge in [-0.25, -0.2) is 0 Å². The van der Waals surface area contributed by atoms with Gasteiger partial charge in [-0.05, 0) is 24.3 Å². The predicted octanol–water partition coefficient (Wildman–Crippen LogP) is 0.856. The highest BCUT2D eigenvalue weighted by molar-refractivity contribution is 5.94. The monoisotopic (exact) mass is 388 g/mol. The third kappa shape index (κ3) is 4.93. The topological polar surface area (TPSA) is 98.0 Å². The highest BCUT2D eigenvalue weighted by Crippen LogP contribution is 2.19. The molecule has 2 heterocycles. The van der Waals surface area contributed by atoms with Crippen LogP contribution in [-0.2, 0) is 20.7 Å². The number of aromatic nitrogens is 2. The lowest BCUT2D eigenvalue weighted by Gasteiger charge is -2.26. The second kappa shape index (κ2) is 9.43. The second-order valence-electron chi connectivity index (χ2n) is 6.50. The van der Waals surface area contributed by atoms with Crippen molar-refractivity contribution in [1.82, 2.24) is 19.9 Å². The van der Waals surface area contributed by atoms with Crippen LogP contribution in [0.5, 0.6) is 0 Å². The minimum absolute atomic E-state index is 0.00942. The van der Waals surface area contributed by atoms with Crippen molar-refractivity contribution in [2.45, 2.75) is 6.42 Å². The molecule has 2 amide bonds. The summed E-state index contributed by atoms with van der Waals surface area (Å²) in [5.41, 5.74) is 1.35. The number of hydrogen-bond donors (Lipinski definition) is 0. The molecule has 2 aromatic rings. The fourth-order valence-corrected chi connectivity index (χ4v) is 2.80. The fourth-order valence-electron chi connectivity index (χ4n) is 2.80. The van der Waals surface area contributed by atoms with Crippen molar-refractivity contribution < 1.29 is 23.6 Å². The van der Waals surface area contributed by atoms with Crippen LogP contribution in [0.3, 0.4) is 0 Å². The Bertz CT molecular complexity index is 799. The van der Waals surface area contributed by atoms with Crippen LogP contribution in [0.1, 0.15) is 16.2 Å². The maximum Gasteiger partial charge on any atom is 0.257 e. The van der Waals surface area contributed by atoms with Crippen molar-refractivity contribution in [3.63, 3.8) is 0 Å². The average molecular weight is 388 g/mol. The Morgan fingerprint density at radius 3 is 2.61 bits per heavy atom. The Morgan fingerprint density at radius 2 is 1.93 bits per heavy atom. The predicted molar refractivity (Wildman–Crippen MR) is 99.7 cm³/mol. The van der Waals surface area contributed by atoms with E-state index in [1.807, 2.05) is 0 Å². The van der Waals surface area contributed by atoms with E-state index in [4.69, 9.17) is 14.0 Å². The molecule has 9 heteroatoms. The van der Waals surface area contributed by atoms with Gasteiger partial charge in [-0.1, -0.05) is 5.16 Å². The molecular weight excluding hydrogens is 364 g/mol. The number of rotatable bonds is 7. The van der Waals surface area contributed by atoms with Crippen LogP contribution < -0.4 is 0 Å². The number of carbonyl (C=O) groups is 2. The van der Waals surface area contributed by atoms with Crippen LogP contribution in [0.25, 0.3) is 11.5 Å². The summed E-state index contributed by atoms with van der Waals surface area (Å²) < 4.78 is 15.4. The summed E-state index contributed by atoms with van der Waals surface area (Å²) in [4.78, 5) is 31.9. The Labute approximate surface area is 163 Å². The SMILES string of the molecule is COCC(=O)N(C)CCc1noc(-c2ccc(C(=O)N3CCOCC3)cc2)n1. The van der Waals surface area contributed by atoms with Crippen LogP contribution in [0.15, 0.2) is 28.8 Å². The molecule has 9 nitrogen and oxygen atoms in total. The van der Waals surface area contributed by atoms with Crippen LogP contribution in [0.4, 0.5) is 0 Å². The van der Waals surface area contributed by atoms with E-state index in [1.54, 1.807) is 41.1 Å². The molecule has 1 aromatic carbocycles. The van der Waals surface area contributed by atoms with Crippen LogP contribution >= 0.6 is 0 Å². The molecule has 0 unspecified atom stereocenters. The zero-order valence-corrected chi connectivity index (χ0v) is 16.1. The van der Waals surface area contributed by atoms with Gasteiger partial charge in [0.25, 0.3) is 11.8 Å². The van der Waals surface area contributed by atoms with E-state index in [0.29, 0.717) is 56.5 Å². The van der Waals surface area contributed by atoms with E-state index in [-0.39, 0.29) is 18.4 Å². The highest BCUT2D eigenvalue weighted by atomic mass is 16.5.